The van der Waals surface area contributed by atoms with Crippen molar-refractivity contribution >= 4 is 28.9 Å². The first-order valence-electron chi connectivity index (χ1n) is 7.18. The summed E-state index contributed by atoms with van der Waals surface area (Å²) in [4.78, 5) is 36.9. The molecule has 2 bridgehead atoms. The maximum atomic E-state index is 12.8. The first kappa shape index (κ1) is 13.0. The molecular weight excluding hydrogens is 280 g/mol. The molecule has 0 saturated carbocycles. The number of nitrogens with one attached hydrogen (secondary N) is 1. The number of benzene rings is 1. The molecule has 5 heteroatoms. The van der Waals surface area contributed by atoms with E-state index in [0.29, 0.717) is 28.8 Å². The molecule has 3 N–H and O–H groups in total. The van der Waals surface area contributed by atoms with Crippen molar-refractivity contribution in [2.24, 2.45) is 11.7 Å². The van der Waals surface area contributed by atoms with Crippen molar-refractivity contribution in [3.63, 3.8) is 0 Å². The molecule has 2 atom stereocenters. The van der Waals surface area contributed by atoms with Crippen LogP contribution in [0.15, 0.2) is 35.4 Å². The molecule has 0 radical (unpaired) electrons. The minimum atomic E-state index is -0.673. The number of fused-ring (bicyclic) bond motifs is 3. The Kier molecular flexibility index (Phi) is 2.46. The first-order chi connectivity index (χ1) is 10.5. The van der Waals surface area contributed by atoms with Gasteiger partial charge in [0.15, 0.2) is 5.78 Å². The largest absolute Gasteiger partial charge is 0.366 e. The standard InChI is InChI=1S/C17H14N2O3/c1-7-5-8-6-10-13-9(3-2-4-11(13)19-17(10)22)14(15(8)20)12(7)16(18)21/h2-4,6,8,14H,5H2,1H3,(H2,18,21)(H,19,22)/t8-,14-/m0/s1. The second-order valence-electron chi connectivity index (χ2n) is 6.01. The van der Waals surface area contributed by atoms with Gasteiger partial charge in [0, 0.05) is 28.3 Å². The SMILES string of the molecule is CC1=C(C(N)=O)[C@H]2C(=O)[C@H](C=C3C(=O)Nc4cccc2c43)C1. The topological polar surface area (TPSA) is 89.3 Å². The Hall–Kier alpha value is -2.69. The fraction of sp³-hybridized carbons (Fsp3) is 0.235. The summed E-state index contributed by atoms with van der Waals surface area (Å²) in [6.45, 7) is 1.83. The lowest BCUT2D eigenvalue weighted by atomic mass is 9.73. The average molecular weight is 294 g/mol. The molecular formula is C17H14N2O3. The number of primary amides is 1. The number of hydrogen-bond donors (Lipinski definition) is 2. The van der Waals surface area contributed by atoms with Crippen molar-refractivity contribution in [2.45, 2.75) is 19.3 Å². The lowest BCUT2D eigenvalue weighted by Gasteiger charge is -2.28. The normalized spacial score (nSPS) is 25.4. The number of carbonyl (C=O) groups is 3. The van der Waals surface area contributed by atoms with Crippen LogP contribution in [0.3, 0.4) is 0 Å². The van der Waals surface area contributed by atoms with Crippen LogP contribution in [0.5, 0.6) is 0 Å². The van der Waals surface area contributed by atoms with Gasteiger partial charge in [0.05, 0.1) is 5.92 Å². The zero-order valence-corrected chi connectivity index (χ0v) is 12.0. The molecule has 110 valence electrons. The van der Waals surface area contributed by atoms with Crippen LogP contribution < -0.4 is 11.1 Å². The molecule has 1 aromatic carbocycles. The molecule has 5 nitrogen and oxygen atoms in total. The molecule has 1 aromatic rings. The zero-order chi connectivity index (χ0) is 15.6. The van der Waals surface area contributed by atoms with Crippen molar-refractivity contribution in [3.8, 4) is 0 Å². The summed E-state index contributed by atoms with van der Waals surface area (Å²) in [5.41, 5.74) is 9.40. The van der Waals surface area contributed by atoms with Gasteiger partial charge >= 0.3 is 0 Å². The fourth-order valence-corrected chi connectivity index (χ4v) is 3.82. The van der Waals surface area contributed by atoms with E-state index in [1.165, 1.54) is 0 Å². The van der Waals surface area contributed by atoms with E-state index < -0.39 is 11.8 Å². The number of nitrogens with two attached hydrogens (primary N) is 1. The summed E-state index contributed by atoms with van der Waals surface area (Å²) in [7, 11) is 0. The van der Waals surface area contributed by atoms with Gasteiger partial charge < -0.3 is 11.1 Å². The molecule has 0 aromatic heterocycles. The van der Waals surface area contributed by atoms with Crippen LogP contribution >= 0.6 is 0 Å². The lowest BCUT2D eigenvalue weighted by molar-refractivity contribution is -0.124. The molecule has 2 aliphatic carbocycles. The third-order valence-electron chi connectivity index (χ3n) is 4.73. The molecule has 0 fully saturated rings. The maximum absolute atomic E-state index is 12.8. The maximum Gasteiger partial charge on any atom is 0.256 e. The predicted molar refractivity (Wildman–Crippen MR) is 80.8 cm³/mol. The smallest absolute Gasteiger partial charge is 0.256 e. The van der Waals surface area contributed by atoms with E-state index in [2.05, 4.69) is 5.32 Å². The molecule has 1 aliphatic heterocycles. The number of ketones is 1. The Morgan fingerprint density at radius 1 is 1.32 bits per heavy atom. The number of carbonyl (C=O) groups excluding carboxylic acids is 3. The van der Waals surface area contributed by atoms with Crippen molar-refractivity contribution in [1.29, 1.82) is 0 Å². The highest BCUT2D eigenvalue weighted by Gasteiger charge is 2.44. The van der Waals surface area contributed by atoms with Gasteiger partial charge in [-0.25, -0.2) is 0 Å². The van der Waals surface area contributed by atoms with Gasteiger partial charge in [0.1, 0.15) is 0 Å². The van der Waals surface area contributed by atoms with Crippen molar-refractivity contribution in [2.75, 3.05) is 5.32 Å². The predicted octanol–water partition coefficient (Wildman–Crippen LogP) is 1.51. The number of anilines is 1. The van der Waals surface area contributed by atoms with Crippen LogP contribution in [-0.2, 0) is 14.4 Å². The van der Waals surface area contributed by atoms with E-state index >= 15 is 0 Å². The second kappa shape index (κ2) is 4.16. The van der Waals surface area contributed by atoms with E-state index in [-0.39, 0.29) is 17.6 Å². The van der Waals surface area contributed by atoms with Gasteiger partial charge in [0.2, 0.25) is 5.91 Å². The summed E-state index contributed by atoms with van der Waals surface area (Å²) < 4.78 is 0. The Balaban J connectivity index is 2.07. The third kappa shape index (κ3) is 1.51. The third-order valence-corrected chi connectivity index (χ3v) is 4.73. The Bertz CT molecular complexity index is 832. The van der Waals surface area contributed by atoms with Gasteiger partial charge in [-0.2, -0.15) is 0 Å². The zero-order valence-electron chi connectivity index (χ0n) is 12.0. The Labute approximate surface area is 126 Å². The highest BCUT2D eigenvalue weighted by atomic mass is 16.2. The quantitative estimate of drug-likeness (QED) is 0.822. The molecule has 4 rings (SSSR count). The lowest BCUT2D eigenvalue weighted by Crippen LogP contribution is -2.33. The van der Waals surface area contributed by atoms with Crippen LogP contribution in [0.2, 0.25) is 0 Å². The highest BCUT2D eigenvalue weighted by molar-refractivity contribution is 6.33. The van der Waals surface area contributed by atoms with Gasteiger partial charge in [-0.1, -0.05) is 23.8 Å². The van der Waals surface area contributed by atoms with Gasteiger partial charge in [-0.3, -0.25) is 14.4 Å². The minimum absolute atomic E-state index is 0.0532. The number of hydrogen-bond acceptors (Lipinski definition) is 3. The van der Waals surface area contributed by atoms with Gasteiger partial charge in [-0.05, 0) is 25.0 Å². The van der Waals surface area contributed by atoms with Crippen LogP contribution in [-0.4, -0.2) is 17.6 Å². The van der Waals surface area contributed by atoms with Crippen LogP contribution in [0.4, 0.5) is 5.69 Å². The highest BCUT2D eigenvalue weighted by Crippen LogP contribution is 2.48. The number of amides is 2. The van der Waals surface area contributed by atoms with Crippen molar-refractivity contribution < 1.29 is 14.4 Å². The van der Waals surface area contributed by atoms with E-state index in [4.69, 9.17) is 5.73 Å². The molecule has 0 unspecified atom stereocenters. The molecule has 2 amide bonds. The number of Topliss-reactive ketones (excluding diaryl/α,β-unsaturated/α-hetero) is 1. The summed E-state index contributed by atoms with van der Waals surface area (Å²) in [6.07, 6.45) is 2.18. The number of allylic oxidation sites excluding steroid dienone is 2. The van der Waals surface area contributed by atoms with E-state index in [9.17, 15) is 14.4 Å². The molecule has 1 heterocycles. The van der Waals surface area contributed by atoms with Crippen LogP contribution in [0.1, 0.15) is 30.4 Å². The summed E-state index contributed by atoms with van der Waals surface area (Å²) >= 11 is 0. The number of rotatable bonds is 1. The van der Waals surface area contributed by atoms with E-state index in [1.54, 1.807) is 24.3 Å². The molecule has 22 heavy (non-hydrogen) atoms. The first-order valence-corrected chi connectivity index (χ1v) is 7.18. The van der Waals surface area contributed by atoms with Crippen molar-refractivity contribution in [3.05, 3.63) is 46.5 Å². The Morgan fingerprint density at radius 2 is 2.09 bits per heavy atom. The van der Waals surface area contributed by atoms with Crippen LogP contribution in [0.25, 0.3) is 5.57 Å². The van der Waals surface area contributed by atoms with E-state index in [1.807, 2.05) is 6.92 Å². The fourth-order valence-electron chi connectivity index (χ4n) is 3.82. The minimum Gasteiger partial charge on any atom is -0.366 e. The molecule has 3 aliphatic rings. The van der Waals surface area contributed by atoms with Gasteiger partial charge in [0.25, 0.3) is 5.91 Å². The summed E-state index contributed by atoms with van der Waals surface area (Å²) in [6, 6.07) is 5.39. The van der Waals surface area contributed by atoms with E-state index in [0.717, 1.165) is 11.1 Å². The Morgan fingerprint density at radius 3 is 2.82 bits per heavy atom. The summed E-state index contributed by atoms with van der Waals surface area (Å²) in [5, 5.41) is 2.82. The summed E-state index contributed by atoms with van der Waals surface area (Å²) in [5.74, 6) is -1.86. The second-order valence-corrected chi connectivity index (χ2v) is 6.01. The monoisotopic (exact) mass is 294 g/mol. The molecule has 0 spiro atoms. The average Bonchev–Trinajstić information content (AvgIpc) is 2.74. The molecule has 0 saturated heterocycles. The van der Waals surface area contributed by atoms with Crippen LogP contribution in [0, 0.1) is 5.92 Å². The van der Waals surface area contributed by atoms with Gasteiger partial charge in [-0.15, -0.1) is 0 Å². The van der Waals surface area contributed by atoms with Crippen molar-refractivity contribution in [1.82, 2.24) is 0 Å².